The van der Waals surface area contributed by atoms with Crippen molar-refractivity contribution in [3.63, 3.8) is 0 Å². The molecule has 30 heavy (non-hydrogen) atoms. The molecule has 0 aliphatic heterocycles. The molecule has 0 saturated carbocycles. The molecule has 0 saturated heterocycles. The van der Waals surface area contributed by atoms with E-state index in [-0.39, 0.29) is 11.9 Å². The molecule has 0 radical (unpaired) electrons. The van der Waals surface area contributed by atoms with Gasteiger partial charge in [0.2, 0.25) is 5.88 Å². The van der Waals surface area contributed by atoms with Gasteiger partial charge in [0.15, 0.2) is 0 Å². The Bertz CT molecular complexity index is 1180. The molecule has 0 unspecified atom stereocenters. The second kappa shape index (κ2) is 8.34. The molecular formula is C23H22N4O3. The number of aromatic nitrogens is 3. The molecule has 0 amide bonds. The maximum atomic E-state index is 10.1. The van der Waals surface area contributed by atoms with Gasteiger partial charge in [0, 0.05) is 31.7 Å². The largest absolute Gasteiger partial charge is 0.493 e. The summed E-state index contributed by atoms with van der Waals surface area (Å²) >= 11 is 0. The zero-order valence-electron chi connectivity index (χ0n) is 17.0. The van der Waals surface area contributed by atoms with Crippen LogP contribution in [0.3, 0.4) is 0 Å². The van der Waals surface area contributed by atoms with Crippen molar-refractivity contribution < 1.29 is 14.6 Å². The maximum Gasteiger partial charge on any atom is 0.325 e. The van der Waals surface area contributed by atoms with E-state index in [2.05, 4.69) is 44.1 Å². The molecular weight excluding hydrogens is 380 g/mol. The summed E-state index contributed by atoms with van der Waals surface area (Å²) in [5.74, 6) is 0.449. The molecule has 7 nitrogen and oxygen atoms in total. The van der Waals surface area contributed by atoms with Gasteiger partial charge in [0.1, 0.15) is 5.75 Å². The number of fused-ring (bicyclic) bond motifs is 1. The minimum absolute atomic E-state index is 0.0715. The highest BCUT2D eigenvalue weighted by Gasteiger charge is 2.12. The van der Waals surface area contributed by atoms with Gasteiger partial charge in [0.25, 0.3) is 0 Å². The lowest BCUT2D eigenvalue weighted by atomic mass is 10.1. The Kier molecular flexibility index (Phi) is 5.45. The summed E-state index contributed by atoms with van der Waals surface area (Å²) in [7, 11) is 3.71. The van der Waals surface area contributed by atoms with Crippen LogP contribution in [0.1, 0.15) is 11.1 Å². The van der Waals surface area contributed by atoms with Crippen molar-refractivity contribution in [2.45, 2.75) is 13.5 Å². The number of pyridine rings is 1. The van der Waals surface area contributed by atoms with Crippen LogP contribution in [-0.4, -0.2) is 34.2 Å². The highest BCUT2D eigenvalue weighted by molar-refractivity contribution is 5.82. The minimum Gasteiger partial charge on any atom is -0.493 e. The number of nitrogens with zero attached hydrogens (tertiary/aromatic N) is 4. The first-order valence-electron chi connectivity index (χ1n) is 9.46. The summed E-state index contributed by atoms with van der Waals surface area (Å²) in [6, 6.07) is 15.7. The van der Waals surface area contributed by atoms with Crippen LogP contribution < -0.4 is 9.64 Å². The Morgan fingerprint density at radius 1 is 1.03 bits per heavy atom. The second-order valence-electron chi connectivity index (χ2n) is 6.93. The number of methoxy groups -OCH3 is 1. The van der Waals surface area contributed by atoms with Gasteiger partial charge < -0.3 is 19.5 Å². The van der Waals surface area contributed by atoms with Crippen molar-refractivity contribution in [3.05, 3.63) is 72.1 Å². The van der Waals surface area contributed by atoms with Gasteiger partial charge in [-0.25, -0.2) is 0 Å². The van der Waals surface area contributed by atoms with Crippen LogP contribution in [-0.2, 0) is 11.3 Å². The molecule has 0 aliphatic rings. The summed E-state index contributed by atoms with van der Waals surface area (Å²) in [5.41, 5.74) is 4.80. The number of hydrogen-bond acceptors (Lipinski definition) is 7. The van der Waals surface area contributed by atoms with Crippen LogP contribution in [0.25, 0.3) is 10.9 Å². The summed E-state index contributed by atoms with van der Waals surface area (Å²) in [6.45, 7) is 2.61. The normalized spacial score (nSPS) is 10.9. The van der Waals surface area contributed by atoms with Crippen LogP contribution in [0.5, 0.6) is 17.6 Å². The van der Waals surface area contributed by atoms with Crippen molar-refractivity contribution in [2.75, 3.05) is 19.1 Å². The zero-order chi connectivity index (χ0) is 21.1. The van der Waals surface area contributed by atoms with Crippen LogP contribution in [0.4, 0.5) is 11.4 Å². The number of benzene rings is 2. The fourth-order valence-electron chi connectivity index (χ4n) is 3.28. The minimum atomic E-state index is -0.137. The number of ether oxygens (including phenoxy) is 2. The third-order valence-electron chi connectivity index (χ3n) is 4.83. The third kappa shape index (κ3) is 4.01. The van der Waals surface area contributed by atoms with Crippen LogP contribution in [0.15, 0.2) is 60.9 Å². The van der Waals surface area contributed by atoms with Crippen molar-refractivity contribution in [1.29, 1.82) is 0 Å². The Morgan fingerprint density at radius 2 is 1.83 bits per heavy atom. The number of anilines is 2. The number of aromatic hydroxyl groups is 1. The molecule has 0 atom stereocenters. The lowest BCUT2D eigenvalue weighted by molar-refractivity contribution is 0.185. The first kappa shape index (κ1) is 19.6. The van der Waals surface area contributed by atoms with Gasteiger partial charge in [-0.05, 0) is 54.4 Å². The second-order valence-corrected chi connectivity index (χ2v) is 6.93. The molecule has 2 heterocycles. The van der Waals surface area contributed by atoms with Gasteiger partial charge in [-0.1, -0.05) is 12.1 Å². The van der Waals surface area contributed by atoms with E-state index in [1.54, 1.807) is 25.6 Å². The summed E-state index contributed by atoms with van der Waals surface area (Å²) in [6.07, 6.45) is 3.14. The van der Waals surface area contributed by atoms with Crippen LogP contribution in [0.2, 0.25) is 0 Å². The predicted octanol–water partition coefficient (Wildman–Crippen LogP) is 4.75. The molecule has 4 rings (SSSR count). The first-order chi connectivity index (χ1) is 14.5. The smallest absolute Gasteiger partial charge is 0.325 e. The molecule has 0 spiro atoms. The number of hydrogen-bond donors (Lipinski definition) is 1. The van der Waals surface area contributed by atoms with E-state index in [1.807, 2.05) is 32.2 Å². The van der Waals surface area contributed by atoms with Crippen molar-refractivity contribution >= 4 is 22.3 Å². The van der Waals surface area contributed by atoms with E-state index in [0.717, 1.165) is 22.5 Å². The molecule has 1 N–H and O–H groups in total. The lowest BCUT2D eigenvalue weighted by Gasteiger charge is -2.22. The third-order valence-corrected chi connectivity index (χ3v) is 4.83. The lowest BCUT2D eigenvalue weighted by Crippen LogP contribution is -2.11. The predicted molar refractivity (Wildman–Crippen MR) is 115 cm³/mol. The fourth-order valence-corrected chi connectivity index (χ4v) is 3.28. The van der Waals surface area contributed by atoms with E-state index >= 15 is 0 Å². The first-order valence-corrected chi connectivity index (χ1v) is 9.46. The van der Waals surface area contributed by atoms with Crippen molar-refractivity contribution in [2.24, 2.45) is 0 Å². The average Bonchev–Trinajstić information content (AvgIpc) is 2.74. The molecule has 0 bridgehead atoms. The van der Waals surface area contributed by atoms with Gasteiger partial charge in [0.05, 0.1) is 23.7 Å². The van der Waals surface area contributed by atoms with Gasteiger partial charge in [-0.15, -0.1) is 0 Å². The molecule has 152 valence electrons. The van der Waals surface area contributed by atoms with Gasteiger partial charge in [-0.2, -0.15) is 9.97 Å². The Balaban J connectivity index is 1.56. The van der Waals surface area contributed by atoms with E-state index < -0.39 is 0 Å². The van der Waals surface area contributed by atoms with Crippen molar-refractivity contribution in [3.8, 4) is 17.6 Å². The van der Waals surface area contributed by atoms with E-state index in [9.17, 15) is 5.11 Å². The van der Waals surface area contributed by atoms with Crippen LogP contribution >= 0.6 is 0 Å². The zero-order valence-corrected chi connectivity index (χ0v) is 17.0. The Morgan fingerprint density at radius 3 is 2.57 bits per heavy atom. The SMILES string of the molecule is COCc1ccc(N(C)c2ccc(Oc3nc(O)c4ccncc4n3)cc2C)cc1. The van der Waals surface area contributed by atoms with Crippen LogP contribution in [0, 0.1) is 6.92 Å². The molecule has 4 aromatic rings. The van der Waals surface area contributed by atoms with Gasteiger partial charge in [-0.3, -0.25) is 4.98 Å². The van der Waals surface area contributed by atoms with E-state index in [1.165, 1.54) is 0 Å². The maximum absolute atomic E-state index is 10.1. The topological polar surface area (TPSA) is 80.6 Å². The number of aryl methyl sites for hydroxylation is 1. The quantitative estimate of drug-likeness (QED) is 0.499. The molecule has 2 aromatic heterocycles. The molecule has 0 aliphatic carbocycles. The van der Waals surface area contributed by atoms with E-state index in [0.29, 0.717) is 23.3 Å². The Labute approximate surface area is 174 Å². The number of rotatable bonds is 6. The molecule has 2 aromatic carbocycles. The summed E-state index contributed by atoms with van der Waals surface area (Å²) < 4.78 is 11.0. The van der Waals surface area contributed by atoms with Gasteiger partial charge >= 0.3 is 6.01 Å². The monoisotopic (exact) mass is 402 g/mol. The molecule has 0 fully saturated rings. The standard InChI is InChI=1S/C23H22N4O3/c1-15-12-18(30-23-25-20-13-24-11-10-19(20)22(28)26-23)8-9-21(15)27(2)17-6-4-16(5-7-17)14-29-3/h4-13H,14H2,1-3H3,(H,25,26,28). The highest BCUT2D eigenvalue weighted by atomic mass is 16.5. The highest BCUT2D eigenvalue weighted by Crippen LogP contribution is 2.32. The summed E-state index contributed by atoms with van der Waals surface area (Å²) in [4.78, 5) is 14.5. The van der Waals surface area contributed by atoms with Crippen molar-refractivity contribution in [1.82, 2.24) is 15.0 Å². The average molecular weight is 402 g/mol. The summed E-state index contributed by atoms with van der Waals surface area (Å²) in [5, 5.41) is 10.6. The molecule has 7 heteroatoms. The van der Waals surface area contributed by atoms with E-state index in [4.69, 9.17) is 9.47 Å². The fraction of sp³-hybridized carbons (Fsp3) is 0.174. The Hall–Kier alpha value is -3.71.